The van der Waals surface area contributed by atoms with Gasteiger partial charge in [-0.1, -0.05) is 37.6 Å². The Bertz CT molecular complexity index is 912. The third-order valence-corrected chi connectivity index (χ3v) is 6.82. The lowest BCUT2D eigenvalue weighted by atomic mass is 10.0. The molecule has 1 aliphatic heterocycles. The molecule has 2 atom stereocenters. The van der Waals surface area contributed by atoms with Gasteiger partial charge in [-0.25, -0.2) is 0 Å². The van der Waals surface area contributed by atoms with Gasteiger partial charge < -0.3 is 19.5 Å². The number of aryl methyl sites for hydroxylation is 1. The molecule has 0 radical (unpaired) electrons. The van der Waals surface area contributed by atoms with E-state index in [0.29, 0.717) is 38.8 Å². The van der Waals surface area contributed by atoms with E-state index < -0.39 is 6.10 Å². The molecular weight excluding hydrogens is 448 g/mol. The fraction of sp³-hybridized carbons (Fsp3) is 0.519. The summed E-state index contributed by atoms with van der Waals surface area (Å²) in [6, 6.07) is 9.96. The number of amides is 1. The molecule has 34 heavy (non-hydrogen) atoms. The lowest BCUT2D eigenvalue weighted by Gasteiger charge is -2.37. The molecule has 186 valence electrons. The van der Waals surface area contributed by atoms with Gasteiger partial charge in [-0.2, -0.15) is 0 Å². The lowest BCUT2D eigenvalue weighted by Crippen LogP contribution is -2.48. The van der Waals surface area contributed by atoms with Gasteiger partial charge >= 0.3 is 0 Å². The van der Waals surface area contributed by atoms with Crippen LogP contribution in [0.4, 0.5) is 0 Å². The fourth-order valence-corrected chi connectivity index (χ4v) is 5.07. The molecule has 0 aliphatic carbocycles. The highest BCUT2D eigenvalue weighted by atomic mass is 32.1. The van der Waals surface area contributed by atoms with Crippen LogP contribution in [0.15, 0.2) is 48.4 Å². The van der Waals surface area contributed by atoms with Crippen molar-refractivity contribution in [2.45, 2.75) is 39.3 Å². The molecule has 2 aromatic rings. The molecule has 6 nitrogen and oxygen atoms in total. The smallest absolute Gasteiger partial charge is 0.237 e. The van der Waals surface area contributed by atoms with E-state index in [0.717, 1.165) is 12.2 Å². The Kier molecular flexibility index (Phi) is 10.1. The molecule has 1 amide bonds. The zero-order chi connectivity index (χ0) is 24.5. The van der Waals surface area contributed by atoms with E-state index in [4.69, 9.17) is 9.47 Å². The number of hydrogen-bond acceptors (Lipinski definition) is 6. The number of hydrogen-bond donors (Lipinski definition) is 1. The van der Waals surface area contributed by atoms with Gasteiger partial charge in [0.1, 0.15) is 12.4 Å². The Labute approximate surface area is 207 Å². The second-order valence-corrected chi connectivity index (χ2v) is 10.3. The summed E-state index contributed by atoms with van der Waals surface area (Å²) >= 11 is 1.74. The molecule has 2 unspecified atom stereocenters. The van der Waals surface area contributed by atoms with Gasteiger partial charge in [0.25, 0.3) is 0 Å². The quantitative estimate of drug-likeness (QED) is 0.432. The van der Waals surface area contributed by atoms with Crippen LogP contribution in [-0.2, 0) is 16.0 Å². The van der Waals surface area contributed by atoms with Crippen molar-refractivity contribution in [3.63, 3.8) is 0 Å². The topological polar surface area (TPSA) is 62.2 Å². The summed E-state index contributed by atoms with van der Waals surface area (Å²) < 4.78 is 11.7. The highest BCUT2D eigenvalue weighted by Gasteiger charge is 2.33. The second-order valence-electron chi connectivity index (χ2n) is 9.34. The number of aliphatic hydroxyl groups is 1. The van der Waals surface area contributed by atoms with Crippen LogP contribution in [0.25, 0.3) is 0 Å². The van der Waals surface area contributed by atoms with Crippen molar-refractivity contribution in [3.8, 4) is 5.75 Å². The number of rotatable bonds is 13. The molecule has 3 rings (SSSR count). The molecule has 7 heteroatoms. The predicted octanol–water partition coefficient (Wildman–Crippen LogP) is 4.08. The number of carbonyl (C=O) groups excluding carboxylic acids is 1. The summed E-state index contributed by atoms with van der Waals surface area (Å²) in [5.41, 5.74) is 2.36. The lowest BCUT2D eigenvalue weighted by molar-refractivity contribution is -0.136. The SMILES string of the molecule is C=CCN(CC(=O)N1CCc2sccc2C1COc1ccc(C)cc1)CC(O)COCC(C)C. The third-order valence-electron chi connectivity index (χ3n) is 5.82. The Morgan fingerprint density at radius 3 is 2.76 bits per heavy atom. The number of fused-ring (bicyclic) bond motifs is 1. The minimum absolute atomic E-state index is 0.0338. The van der Waals surface area contributed by atoms with Gasteiger partial charge in [0.2, 0.25) is 5.91 Å². The van der Waals surface area contributed by atoms with Gasteiger partial charge in [0.15, 0.2) is 0 Å². The third kappa shape index (κ3) is 7.67. The number of carbonyl (C=O) groups is 1. The first kappa shape index (κ1) is 26.4. The van der Waals surface area contributed by atoms with E-state index in [-0.39, 0.29) is 25.1 Å². The Morgan fingerprint density at radius 1 is 1.29 bits per heavy atom. The van der Waals surface area contributed by atoms with E-state index in [1.165, 1.54) is 16.0 Å². The Balaban J connectivity index is 1.64. The van der Waals surface area contributed by atoms with Crippen molar-refractivity contribution in [2.24, 2.45) is 5.92 Å². The summed E-state index contributed by atoms with van der Waals surface area (Å²) in [7, 11) is 0. The van der Waals surface area contributed by atoms with Crippen LogP contribution in [0.5, 0.6) is 5.75 Å². The van der Waals surface area contributed by atoms with Crippen LogP contribution >= 0.6 is 11.3 Å². The molecule has 0 spiro atoms. The van der Waals surface area contributed by atoms with Crippen molar-refractivity contribution in [1.29, 1.82) is 0 Å². The molecule has 1 aliphatic rings. The first-order valence-corrected chi connectivity index (χ1v) is 12.9. The number of nitrogens with zero attached hydrogens (tertiary/aromatic N) is 2. The van der Waals surface area contributed by atoms with Gasteiger partial charge in [-0.15, -0.1) is 17.9 Å². The first-order chi connectivity index (χ1) is 16.4. The van der Waals surface area contributed by atoms with E-state index in [1.54, 1.807) is 17.4 Å². The van der Waals surface area contributed by atoms with Crippen LogP contribution in [0.2, 0.25) is 0 Å². The highest BCUT2D eigenvalue weighted by molar-refractivity contribution is 7.10. The van der Waals surface area contributed by atoms with Crippen LogP contribution in [0, 0.1) is 12.8 Å². The average molecular weight is 487 g/mol. The predicted molar refractivity (Wildman–Crippen MR) is 137 cm³/mol. The van der Waals surface area contributed by atoms with Crippen LogP contribution in [0.1, 0.15) is 35.9 Å². The van der Waals surface area contributed by atoms with Crippen molar-refractivity contribution >= 4 is 17.2 Å². The molecule has 0 bridgehead atoms. The maximum Gasteiger partial charge on any atom is 0.237 e. The van der Waals surface area contributed by atoms with Crippen molar-refractivity contribution in [2.75, 3.05) is 46.0 Å². The highest BCUT2D eigenvalue weighted by Crippen LogP contribution is 2.34. The van der Waals surface area contributed by atoms with Crippen molar-refractivity contribution in [1.82, 2.24) is 9.80 Å². The molecule has 0 saturated carbocycles. The molecule has 2 heterocycles. The largest absolute Gasteiger partial charge is 0.491 e. The zero-order valence-corrected chi connectivity index (χ0v) is 21.4. The summed E-state index contributed by atoms with van der Waals surface area (Å²) in [4.78, 5) is 18.6. The summed E-state index contributed by atoms with van der Waals surface area (Å²) in [6.45, 7) is 13.1. The minimum Gasteiger partial charge on any atom is -0.491 e. The van der Waals surface area contributed by atoms with Crippen LogP contribution in [0.3, 0.4) is 0 Å². The monoisotopic (exact) mass is 486 g/mol. The van der Waals surface area contributed by atoms with E-state index in [1.807, 2.05) is 41.0 Å². The molecule has 0 fully saturated rings. The number of benzene rings is 1. The standard InChI is InChI=1S/C27H38N2O4S/c1-5-12-28(15-22(30)18-32-17-20(2)3)16-27(31)29-13-10-26-24(11-14-34-26)25(29)19-33-23-8-6-21(4)7-9-23/h5-9,11,14,20,22,25,30H,1,10,12-13,15-19H2,2-4H3. The van der Waals surface area contributed by atoms with Crippen LogP contribution < -0.4 is 4.74 Å². The molecule has 1 aromatic carbocycles. The number of aliphatic hydroxyl groups excluding tert-OH is 1. The Hall–Kier alpha value is -2.19. The van der Waals surface area contributed by atoms with E-state index in [9.17, 15) is 9.90 Å². The average Bonchev–Trinajstić information content (AvgIpc) is 3.27. The normalized spacial score (nSPS) is 16.5. The van der Waals surface area contributed by atoms with Crippen molar-refractivity contribution < 1.29 is 19.4 Å². The number of thiophene rings is 1. The Morgan fingerprint density at radius 2 is 2.06 bits per heavy atom. The molecule has 1 aromatic heterocycles. The van der Waals surface area contributed by atoms with E-state index in [2.05, 4.69) is 31.9 Å². The summed E-state index contributed by atoms with van der Waals surface area (Å²) in [5.74, 6) is 1.25. The maximum absolute atomic E-state index is 13.5. The summed E-state index contributed by atoms with van der Waals surface area (Å²) in [6.07, 6.45) is 1.96. The maximum atomic E-state index is 13.5. The van der Waals surface area contributed by atoms with Crippen LogP contribution in [-0.4, -0.2) is 72.9 Å². The van der Waals surface area contributed by atoms with Gasteiger partial charge in [0.05, 0.1) is 25.3 Å². The fourth-order valence-electron chi connectivity index (χ4n) is 4.14. The van der Waals surface area contributed by atoms with E-state index >= 15 is 0 Å². The molecule has 1 N–H and O–H groups in total. The molecule has 0 saturated heterocycles. The van der Waals surface area contributed by atoms with Gasteiger partial charge in [-0.3, -0.25) is 9.69 Å². The zero-order valence-electron chi connectivity index (χ0n) is 20.6. The van der Waals surface area contributed by atoms with Gasteiger partial charge in [-0.05, 0) is 48.4 Å². The second kappa shape index (κ2) is 13.0. The summed E-state index contributed by atoms with van der Waals surface area (Å²) in [5, 5.41) is 12.5. The number of ether oxygens (including phenoxy) is 2. The van der Waals surface area contributed by atoms with Crippen molar-refractivity contribution in [3.05, 3.63) is 64.4 Å². The molecular formula is C27H38N2O4S. The van der Waals surface area contributed by atoms with Gasteiger partial charge in [0, 0.05) is 31.1 Å². The first-order valence-electron chi connectivity index (χ1n) is 12.0. The minimum atomic E-state index is -0.656.